The molecule has 2 unspecified atom stereocenters. The maximum absolute atomic E-state index is 13.5. The maximum atomic E-state index is 13.5. The zero-order valence-corrected chi connectivity index (χ0v) is 28.6. The van der Waals surface area contributed by atoms with Gasteiger partial charge >= 0.3 is 6.09 Å². The molecule has 6 nitrogen and oxygen atoms in total. The lowest BCUT2D eigenvalue weighted by molar-refractivity contribution is 0.0692. The molecule has 1 amide bonds. The van der Waals surface area contributed by atoms with Crippen molar-refractivity contribution in [2.75, 3.05) is 26.4 Å². The Balaban J connectivity index is 1.48. The Bertz CT molecular complexity index is 1390. The number of rotatable bonds is 12. The van der Waals surface area contributed by atoms with Crippen LogP contribution in [-0.2, 0) is 15.8 Å². The Morgan fingerprint density at radius 2 is 1.59 bits per heavy atom. The van der Waals surface area contributed by atoms with E-state index >= 15 is 0 Å². The van der Waals surface area contributed by atoms with Crippen LogP contribution in [0.1, 0.15) is 45.2 Å². The van der Waals surface area contributed by atoms with Crippen molar-refractivity contribution < 1.29 is 23.4 Å². The first kappa shape index (κ1) is 33.6. The lowest BCUT2D eigenvalue weighted by atomic mass is 9.85. The number of amides is 1. The highest BCUT2D eigenvalue weighted by molar-refractivity contribution is 6.74. The normalized spacial score (nSPS) is 17.2. The maximum Gasteiger partial charge on any atom is 0.410 e. The molecule has 0 aromatic heterocycles. The van der Waals surface area contributed by atoms with Crippen LogP contribution in [-0.4, -0.2) is 51.7 Å². The van der Waals surface area contributed by atoms with Gasteiger partial charge in [0.05, 0.1) is 17.7 Å². The van der Waals surface area contributed by atoms with Gasteiger partial charge in [-0.15, -0.1) is 0 Å². The minimum absolute atomic E-state index is 0.0625. The van der Waals surface area contributed by atoms with Crippen LogP contribution in [0.5, 0.6) is 11.5 Å². The first-order valence-electron chi connectivity index (χ1n) is 15.4. The van der Waals surface area contributed by atoms with Gasteiger partial charge in [-0.05, 0) is 65.5 Å². The van der Waals surface area contributed by atoms with Crippen LogP contribution in [0.3, 0.4) is 0 Å². The summed E-state index contributed by atoms with van der Waals surface area (Å²) in [6.07, 6.45) is 2.79. The van der Waals surface area contributed by atoms with Crippen molar-refractivity contribution >= 4 is 31.6 Å². The fraction of sp³-hybridized carbons (Fsp3) is 0.417. The van der Waals surface area contributed by atoms with Gasteiger partial charge in [0.25, 0.3) is 0 Å². The summed E-state index contributed by atoms with van der Waals surface area (Å²) in [5, 5.41) is 0.645. The third kappa shape index (κ3) is 8.90. The quantitative estimate of drug-likeness (QED) is 0.147. The first-order chi connectivity index (χ1) is 21.0. The summed E-state index contributed by atoms with van der Waals surface area (Å²) >= 11 is 6.17. The summed E-state index contributed by atoms with van der Waals surface area (Å²) < 4.78 is 24.1. The van der Waals surface area contributed by atoms with E-state index in [-0.39, 0.29) is 29.7 Å². The molecule has 0 bridgehead atoms. The summed E-state index contributed by atoms with van der Waals surface area (Å²) in [4.78, 5) is 15.3. The molecule has 3 aromatic rings. The average Bonchev–Trinajstić information content (AvgIpc) is 3.01. The number of carbonyl (C=O) groups excluding carboxylic acids is 1. The molecule has 0 spiro atoms. The molecular weight excluding hydrogens is 590 g/mol. The highest BCUT2D eigenvalue weighted by atomic mass is 35.5. The second-order valence-corrected chi connectivity index (χ2v) is 17.9. The molecular formula is C36H46ClNO5Si. The van der Waals surface area contributed by atoms with Crippen LogP contribution in [0.25, 0.3) is 5.57 Å². The van der Waals surface area contributed by atoms with Gasteiger partial charge in [-0.3, -0.25) is 4.90 Å². The van der Waals surface area contributed by atoms with Crippen molar-refractivity contribution in [2.24, 2.45) is 5.92 Å². The molecule has 8 heteroatoms. The summed E-state index contributed by atoms with van der Waals surface area (Å²) in [6.45, 7) is 15.4. The van der Waals surface area contributed by atoms with E-state index in [1.165, 1.54) is 5.57 Å². The summed E-state index contributed by atoms with van der Waals surface area (Å²) in [7, 11) is -2.04. The van der Waals surface area contributed by atoms with E-state index < -0.39 is 8.32 Å². The van der Waals surface area contributed by atoms with Crippen LogP contribution in [0, 0.1) is 5.92 Å². The van der Waals surface area contributed by atoms with Crippen molar-refractivity contribution in [3.63, 3.8) is 0 Å². The lowest BCUT2D eigenvalue weighted by Crippen LogP contribution is -2.50. The topological polar surface area (TPSA) is 57.2 Å². The van der Waals surface area contributed by atoms with E-state index in [0.29, 0.717) is 37.1 Å². The zero-order chi connectivity index (χ0) is 31.7. The van der Waals surface area contributed by atoms with E-state index in [2.05, 4.69) is 59.0 Å². The smallest absolute Gasteiger partial charge is 0.410 e. The van der Waals surface area contributed by atoms with E-state index in [4.69, 9.17) is 30.2 Å². The van der Waals surface area contributed by atoms with Crippen molar-refractivity contribution in [2.45, 2.75) is 64.9 Å². The third-order valence-electron chi connectivity index (χ3n) is 8.62. The predicted octanol–water partition coefficient (Wildman–Crippen LogP) is 9.25. The van der Waals surface area contributed by atoms with E-state index in [0.717, 1.165) is 23.3 Å². The summed E-state index contributed by atoms with van der Waals surface area (Å²) in [5.41, 5.74) is 3.30. The molecule has 3 aromatic carbocycles. The van der Waals surface area contributed by atoms with Gasteiger partial charge in [0.2, 0.25) is 0 Å². The molecule has 1 heterocycles. The number of carbonyl (C=O) groups is 1. The van der Waals surface area contributed by atoms with Crippen LogP contribution in [0.2, 0.25) is 23.2 Å². The van der Waals surface area contributed by atoms with Gasteiger partial charge in [-0.2, -0.15) is 0 Å². The minimum atomic E-state index is -2.04. The van der Waals surface area contributed by atoms with Gasteiger partial charge < -0.3 is 18.6 Å². The highest BCUT2D eigenvalue weighted by Crippen LogP contribution is 2.38. The van der Waals surface area contributed by atoms with Gasteiger partial charge in [0.15, 0.2) is 8.32 Å². The van der Waals surface area contributed by atoms with Gasteiger partial charge in [0.1, 0.15) is 31.3 Å². The molecule has 0 saturated heterocycles. The number of hydrogen-bond donors (Lipinski definition) is 0. The fourth-order valence-electron chi connectivity index (χ4n) is 4.86. The summed E-state index contributed by atoms with van der Waals surface area (Å²) in [5.74, 6) is 1.58. The number of halogens is 1. The molecule has 2 atom stereocenters. The monoisotopic (exact) mass is 635 g/mol. The predicted molar refractivity (Wildman–Crippen MR) is 181 cm³/mol. The molecule has 236 valence electrons. The van der Waals surface area contributed by atoms with E-state index in [1.54, 1.807) is 6.07 Å². The van der Waals surface area contributed by atoms with Gasteiger partial charge in [0, 0.05) is 12.5 Å². The molecule has 1 aliphatic heterocycles. The average molecular weight is 636 g/mol. The van der Waals surface area contributed by atoms with Crippen molar-refractivity contribution in [1.82, 2.24) is 4.90 Å². The molecule has 0 fully saturated rings. The second kappa shape index (κ2) is 15.1. The SMILES string of the molecule is CCC1CN(C(=O)OCc2ccccc2)C(CO[Si](C)(C)C(C)(C)C)C=C1c1ccc(OCCOc2ccccc2Cl)cc1. The second-order valence-electron chi connectivity index (χ2n) is 12.7. The Morgan fingerprint density at radius 3 is 2.25 bits per heavy atom. The van der Waals surface area contributed by atoms with Crippen LogP contribution >= 0.6 is 11.6 Å². The van der Waals surface area contributed by atoms with Crippen LogP contribution in [0.4, 0.5) is 4.79 Å². The lowest BCUT2D eigenvalue weighted by Gasteiger charge is -2.41. The first-order valence-corrected chi connectivity index (χ1v) is 18.7. The Morgan fingerprint density at radius 1 is 0.932 bits per heavy atom. The van der Waals surface area contributed by atoms with Crippen molar-refractivity contribution in [1.29, 1.82) is 0 Å². The Hall–Kier alpha value is -3.26. The molecule has 0 radical (unpaired) electrons. The number of hydrogen-bond acceptors (Lipinski definition) is 5. The highest BCUT2D eigenvalue weighted by Gasteiger charge is 2.40. The third-order valence-corrected chi connectivity index (χ3v) is 13.4. The molecule has 0 saturated carbocycles. The number of benzene rings is 3. The van der Waals surface area contributed by atoms with Crippen LogP contribution < -0.4 is 9.47 Å². The fourth-order valence-corrected chi connectivity index (χ4v) is 6.07. The van der Waals surface area contributed by atoms with E-state index in [9.17, 15) is 4.79 Å². The minimum Gasteiger partial charge on any atom is -0.490 e. The Labute approximate surface area is 269 Å². The molecule has 4 rings (SSSR count). The standard InChI is InChI=1S/C36H46ClNO5Si/c1-7-28-24-38(35(39)42-25-27-13-9-8-10-14-27)30(26-43-44(5,6)36(2,3)4)23-32(28)29-17-19-31(20-18-29)40-21-22-41-34-16-12-11-15-33(34)37/h8-20,23,28,30H,7,21-22,24-26H2,1-6H3. The van der Waals surface area contributed by atoms with Crippen LogP contribution in [0.15, 0.2) is 84.9 Å². The summed E-state index contributed by atoms with van der Waals surface area (Å²) in [6, 6.07) is 25.1. The number of ether oxygens (including phenoxy) is 3. The van der Waals surface area contributed by atoms with Crippen molar-refractivity contribution in [3.05, 3.63) is 101 Å². The van der Waals surface area contributed by atoms with Gasteiger partial charge in [-0.1, -0.05) is 100.0 Å². The largest absolute Gasteiger partial charge is 0.490 e. The molecule has 1 aliphatic rings. The van der Waals surface area contributed by atoms with Crippen molar-refractivity contribution in [3.8, 4) is 11.5 Å². The molecule has 44 heavy (non-hydrogen) atoms. The molecule has 0 aliphatic carbocycles. The Kier molecular flexibility index (Phi) is 11.6. The van der Waals surface area contributed by atoms with Gasteiger partial charge in [-0.25, -0.2) is 4.79 Å². The number of nitrogens with zero attached hydrogens (tertiary/aromatic N) is 1. The number of para-hydroxylation sites is 1. The van der Waals surface area contributed by atoms with E-state index in [1.807, 2.05) is 65.6 Å². The zero-order valence-electron chi connectivity index (χ0n) is 26.8. The molecule has 0 N–H and O–H groups in total.